The van der Waals surface area contributed by atoms with Crippen molar-refractivity contribution in [3.63, 3.8) is 0 Å². The predicted molar refractivity (Wildman–Crippen MR) is 103 cm³/mol. The van der Waals surface area contributed by atoms with Gasteiger partial charge in [-0.05, 0) is 38.1 Å². The van der Waals surface area contributed by atoms with Crippen molar-refractivity contribution in [3.05, 3.63) is 24.3 Å². The molecule has 0 saturated carbocycles. The maximum absolute atomic E-state index is 12.5. The van der Waals surface area contributed by atoms with Crippen LogP contribution >= 0.6 is 0 Å². The summed E-state index contributed by atoms with van der Waals surface area (Å²) in [6, 6.07) is 7.99. The van der Waals surface area contributed by atoms with Crippen molar-refractivity contribution in [3.8, 4) is 0 Å². The van der Waals surface area contributed by atoms with E-state index in [-0.39, 0.29) is 18.2 Å². The summed E-state index contributed by atoms with van der Waals surface area (Å²) in [4.78, 5) is 16.7. The molecular weight excluding hydrogens is 346 g/mol. The van der Waals surface area contributed by atoms with Crippen molar-refractivity contribution in [2.75, 3.05) is 49.6 Å². The first-order valence-electron chi connectivity index (χ1n) is 9.87. The summed E-state index contributed by atoms with van der Waals surface area (Å²) < 4.78 is 17.2. The van der Waals surface area contributed by atoms with E-state index in [2.05, 4.69) is 36.2 Å². The number of amides is 2. The molecule has 0 radical (unpaired) electrons. The smallest absolute Gasteiger partial charge is 0.321 e. The number of morpholine rings is 1. The lowest BCUT2D eigenvalue weighted by Crippen LogP contribution is -2.48. The summed E-state index contributed by atoms with van der Waals surface area (Å²) >= 11 is 0. The molecule has 1 N–H and O–H groups in total. The molecule has 1 aromatic carbocycles. The summed E-state index contributed by atoms with van der Waals surface area (Å²) in [5.41, 5.74) is 1.97. The lowest BCUT2D eigenvalue weighted by atomic mass is 10.0. The van der Waals surface area contributed by atoms with Crippen LogP contribution in [-0.4, -0.2) is 68.3 Å². The zero-order chi connectivity index (χ0) is 18.9. The average Bonchev–Trinajstić information content (AvgIpc) is 3.10. The van der Waals surface area contributed by atoms with Crippen molar-refractivity contribution < 1.29 is 19.0 Å². The molecule has 1 aromatic rings. The first-order chi connectivity index (χ1) is 13.0. The number of carbonyl (C=O) groups is 1. The molecule has 1 spiro atoms. The van der Waals surface area contributed by atoms with Crippen LogP contribution in [0.1, 0.15) is 26.7 Å². The van der Waals surface area contributed by atoms with Gasteiger partial charge in [-0.25, -0.2) is 4.79 Å². The maximum Gasteiger partial charge on any atom is 0.321 e. The summed E-state index contributed by atoms with van der Waals surface area (Å²) in [7, 11) is 0. The number of piperidine rings is 1. The molecule has 0 unspecified atom stereocenters. The van der Waals surface area contributed by atoms with Gasteiger partial charge >= 0.3 is 6.03 Å². The molecule has 3 aliphatic heterocycles. The van der Waals surface area contributed by atoms with E-state index >= 15 is 0 Å². The number of benzene rings is 1. The third-order valence-corrected chi connectivity index (χ3v) is 5.53. The van der Waals surface area contributed by atoms with E-state index in [0.717, 1.165) is 37.3 Å². The molecule has 0 aliphatic carbocycles. The van der Waals surface area contributed by atoms with Crippen LogP contribution in [0.15, 0.2) is 24.3 Å². The monoisotopic (exact) mass is 375 g/mol. The van der Waals surface area contributed by atoms with Crippen LogP contribution in [0.2, 0.25) is 0 Å². The van der Waals surface area contributed by atoms with Crippen molar-refractivity contribution >= 4 is 17.4 Å². The number of hydrogen-bond donors (Lipinski definition) is 1. The Morgan fingerprint density at radius 1 is 1.04 bits per heavy atom. The minimum Gasteiger partial charge on any atom is -0.372 e. The third-order valence-electron chi connectivity index (χ3n) is 5.53. The standard InChI is InChI=1S/C20H29N3O4/c1-15-13-23(14-16(2)27-15)18-5-3-17(4-6-18)21-19(24)22-9-7-20(8-10-22)25-11-12-26-20/h3-6,15-16H,7-14H2,1-2H3,(H,21,24)/t15-,16+. The topological polar surface area (TPSA) is 63.3 Å². The fraction of sp³-hybridized carbons (Fsp3) is 0.650. The minimum absolute atomic E-state index is 0.0655. The maximum atomic E-state index is 12.5. The number of rotatable bonds is 2. The van der Waals surface area contributed by atoms with Gasteiger partial charge < -0.3 is 29.3 Å². The quantitative estimate of drug-likeness (QED) is 0.861. The molecule has 27 heavy (non-hydrogen) atoms. The minimum atomic E-state index is -0.454. The van der Waals surface area contributed by atoms with Crippen molar-refractivity contribution in [1.82, 2.24) is 4.90 Å². The molecule has 2 amide bonds. The van der Waals surface area contributed by atoms with Gasteiger partial charge in [0.1, 0.15) is 0 Å². The van der Waals surface area contributed by atoms with Crippen molar-refractivity contribution in [2.45, 2.75) is 44.7 Å². The van der Waals surface area contributed by atoms with Crippen LogP contribution in [0.3, 0.4) is 0 Å². The van der Waals surface area contributed by atoms with Gasteiger partial charge in [0.15, 0.2) is 5.79 Å². The van der Waals surface area contributed by atoms with E-state index in [1.165, 1.54) is 0 Å². The highest BCUT2D eigenvalue weighted by Crippen LogP contribution is 2.31. The summed E-state index contributed by atoms with van der Waals surface area (Å²) in [5.74, 6) is -0.454. The van der Waals surface area contributed by atoms with Gasteiger partial charge in [-0.15, -0.1) is 0 Å². The normalized spacial score (nSPS) is 27.8. The Bertz CT molecular complexity index is 640. The second-order valence-electron chi connectivity index (χ2n) is 7.73. The Balaban J connectivity index is 1.31. The van der Waals surface area contributed by atoms with Crippen LogP contribution in [0.25, 0.3) is 0 Å². The zero-order valence-corrected chi connectivity index (χ0v) is 16.1. The Morgan fingerprint density at radius 2 is 1.63 bits per heavy atom. The molecule has 7 nitrogen and oxygen atoms in total. The summed E-state index contributed by atoms with van der Waals surface area (Å²) in [6.07, 6.45) is 1.91. The molecule has 3 fully saturated rings. The number of nitrogens with one attached hydrogen (secondary N) is 1. The molecule has 0 bridgehead atoms. The predicted octanol–water partition coefficient (Wildman–Crippen LogP) is 2.67. The largest absolute Gasteiger partial charge is 0.372 e. The SMILES string of the molecule is C[C@@H]1CN(c2ccc(NC(=O)N3CCC4(CC3)OCCO4)cc2)C[C@H](C)O1. The van der Waals surface area contributed by atoms with Gasteiger partial charge in [0.2, 0.25) is 0 Å². The molecule has 2 atom stereocenters. The number of likely N-dealkylation sites (tertiary alicyclic amines) is 1. The molecule has 148 valence electrons. The second kappa shape index (κ2) is 7.66. The fourth-order valence-corrected chi connectivity index (χ4v) is 4.18. The highest BCUT2D eigenvalue weighted by atomic mass is 16.7. The summed E-state index contributed by atoms with van der Waals surface area (Å²) in [5, 5.41) is 3.00. The Labute approximate surface area is 160 Å². The molecule has 4 rings (SSSR count). The lowest BCUT2D eigenvalue weighted by molar-refractivity contribution is -0.181. The molecule has 7 heteroatoms. The lowest BCUT2D eigenvalue weighted by Gasteiger charge is -2.37. The van der Waals surface area contributed by atoms with Gasteiger partial charge in [0.05, 0.1) is 25.4 Å². The molecule has 3 saturated heterocycles. The van der Waals surface area contributed by atoms with E-state index in [1.54, 1.807) is 0 Å². The van der Waals surface area contributed by atoms with E-state index in [4.69, 9.17) is 14.2 Å². The van der Waals surface area contributed by atoms with Crippen LogP contribution in [0.5, 0.6) is 0 Å². The highest BCUT2D eigenvalue weighted by molar-refractivity contribution is 5.89. The van der Waals surface area contributed by atoms with Crippen LogP contribution in [-0.2, 0) is 14.2 Å². The van der Waals surface area contributed by atoms with E-state index in [9.17, 15) is 4.79 Å². The fourth-order valence-electron chi connectivity index (χ4n) is 4.18. The van der Waals surface area contributed by atoms with E-state index in [0.29, 0.717) is 26.3 Å². The Morgan fingerprint density at radius 3 is 2.22 bits per heavy atom. The third kappa shape index (κ3) is 4.20. The molecule has 0 aromatic heterocycles. The number of ether oxygens (including phenoxy) is 3. The number of nitrogens with zero attached hydrogens (tertiary/aromatic N) is 2. The van der Waals surface area contributed by atoms with E-state index in [1.807, 2.05) is 17.0 Å². The second-order valence-corrected chi connectivity index (χ2v) is 7.73. The van der Waals surface area contributed by atoms with Gasteiger partial charge in [-0.1, -0.05) is 0 Å². The van der Waals surface area contributed by atoms with E-state index < -0.39 is 5.79 Å². The van der Waals surface area contributed by atoms with Crippen molar-refractivity contribution in [1.29, 1.82) is 0 Å². The zero-order valence-electron chi connectivity index (χ0n) is 16.1. The number of hydrogen-bond acceptors (Lipinski definition) is 5. The van der Waals surface area contributed by atoms with Crippen molar-refractivity contribution in [2.24, 2.45) is 0 Å². The Kier molecular flexibility index (Phi) is 5.25. The first-order valence-corrected chi connectivity index (χ1v) is 9.87. The number of carbonyl (C=O) groups excluding carboxylic acids is 1. The van der Waals surface area contributed by atoms with Crippen LogP contribution in [0.4, 0.5) is 16.2 Å². The number of anilines is 2. The first kappa shape index (κ1) is 18.5. The van der Waals surface area contributed by atoms with Gasteiger partial charge in [0, 0.05) is 50.4 Å². The Hall–Kier alpha value is -1.83. The number of urea groups is 1. The van der Waals surface area contributed by atoms with Crippen LogP contribution in [0, 0.1) is 0 Å². The average molecular weight is 375 g/mol. The summed E-state index contributed by atoms with van der Waals surface area (Å²) in [6.45, 7) is 8.56. The highest BCUT2D eigenvalue weighted by Gasteiger charge is 2.40. The molecule has 3 heterocycles. The molecular formula is C20H29N3O4. The van der Waals surface area contributed by atoms with Gasteiger partial charge in [0.25, 0.3) is 0 Å². The van der Waals surface area contributed by atoms with Gasteiger partial charge in [-0.2, -0.15) is 0 Å². The van der Waals surface area contributed by atoms with Gasteiger partial charge in [-0.3, -0.25) is 0 Å². The molecule has 3 aliphatic rings. The van der Waals surface area contributed by atoms with Crippen LogP contribution < -0.4 is 10.2 Å².